The van der Waals surface area contributed by atoms with Gasteiger partial charge in [0.2, 0.25) is 0 Å². The quantitative estimate of drug-likeness (QED) is 0.872. The number of ether oxygens (including phenoxy) is 1. The number of hydrogen-bond donors (Lipinski definition) is 1. The average molecular weight is 338 g/mol. The van der Waals surface area contributed by atoms with E-state index in [1.165, 1.54) is 6.20 Å². The molecule has 2 aromatic rings. The second-order valence-corrected chi connectivity index (χ2v) is 7.50. The topological polar surface area (TPSA) is 97.3 Å². The molecule has 0 aliphatic carbocycles. The summed E-state index contributed by atoms with van der Waals surface area (Å²) in [5.41, 5.74) is 0.923. The van der Waals surface area contributed by atoms with Gasteiger partial charge in [-0.3, -0.25) is 9.89 Å². The van der Waals surface area contributed by atoms with Crippen molar-refractivity contribution in [1.29, 1.82) is 0 Å². The summed E-state index contributed by atoms with van der Waals surface area (Å²) in [5.74, 6) is -0.167. The third-order valence-corrected chi connectivity index (χ3v) is 5.04. The van der Waals surface area contributed by atoms with E-state index in [4.69, 9.17) is 4.74 Å². The highest BCUT2D eigenvalue weighted by atomic mass is 32.2. The van der Waals surface area contributed by atoms with Crippen LogP contribution in [-0.4, -0.2) is 60.0 Å². The van der Waals surface area contributed by atoms with Gasteiger partial charge in [0.1, 0.15) is 10.6 Å². The number of H-pyrrole nitrogens is 1. The summed E-state index contributed by atoms with van der Waals surface area (Å²) in [6.07, 6.45) is 4.18. The SMILES string of the molecule is Cn1cccc1C(=O)N1CCOC[C@@H]1c1[nH]ncc1S(C)(=O)=O. The fraction of sp³-hybridized carbons (Fsp3) is 0.429. The number of nitrogens with zero attached hydrogens (tertiary/aromatic N) is 3. The molecule has 1 saturated heterocycles. The fourth-order valence-electron chi connectivity index (χ4n) is 2.74. The number of carbonyl (C=O) groups is 1. The maximum absolute atomic E-state index is 12.8. The molecule has 0 saturated carbocycles. The van der Waals surface area contributed by atoms with Gasteiger partial charge in [-0.15, -0.1) is 0 Å². The van der Waals surface area contributed by atoms with Crippen molar-refractivity contribution in [3.05, 3.63) is 35.9 Å². The van der Waals surface area contributed by atoms with Crippen molar-refractivity contribution in [3.8, 4) is 0 Å². The Bertz CT molecular complexity index is 823. The highest BCUT2D eigenvalue weighted by Gasteiger charge is 2.34. The standard InChI is InChI=1S/C14H18N4O4S/c1-17-5-3-4-10(17)14(19)18-6-7-22-9-11(18)13-12(8-15-16-13)23(2,20)21/h3-5,8,11H,6-7,9H2,1-2H3,(H,15,16)/t11-/m1/s1. The van der Waals surface area contributed by atoms with Crippen LogP contribution in [0, 0.1) is 0 Å². The summed E-state index contributed by atoms with van der Waals surface area (Å²) in [5, 5.41) is 6.55. The average Bonchev–Trinajstić information content (AvgIpc) is 3.14. The molecule has 1 atom stereocenters. The van der Waals surface area contributed by atoms with Crippen molar-refractivity contribution in [2.24, 2.45) is 7.05 Å². The number of aryl methyl sites for hydroxylation is 1. The number of amides is 1. The van der Waals surface area contributed by atoms with E-state index in [-0.39, 0.29) is 17.4 Å². The van der Waals surface area contributed by atoms with Crippen LogP contribution in [0.25, 0.3) is 0 Å². The first-order chi connectivity index (χ1) is 10.9. The molecule has 0 aromatic carbocycles. The lowest BCUT2D eigenvalue weighted by Gasteiger charge is -2.35. The van der Waals surface area contributed by atoms with E-state index in [2.05, 4.69) is 10.2 Å². The molecular formula is C14H18N4O4S. The zero-order chi connectivity index (χ0) is 16.6. The Morgan fingerprint density at radius 2 is 2.26 bits per heavy atom. The van der Waals surface area contributed by atoms with Crippen LogP contribution in [0.15, 0.2) is 29.4 Å². The molecule has 3 heterocycles. The molecule has 9 heteroatoms. The van der Waals surface area contributed by atoms with Gasteiger partial charge < -0.3 is 14.2 Å². The van der Waals surface area contributed by atoms with Crippen molar-refractivity contribution in [2.75, 3.05) is 26.0 Å². The summed E-state index contributed by atoms with van der Waals surface area (Å²) in [4.78, 5) is 14.5. The first kappa shape index (κ1) is 15.8. The van der Waals surface area contributed by atoms with E-state index in [0.29, 0.717) is 24.5 Å². The molecule has 8 nitrogen and oxygen atoms in total. The van der Waals surface area contributed by atoms with Crippen LogP contribution >= 0.6 is 0 Å². The van der Waals surface area contributed by atoms with Crippen LogP contribution in [0.4, 0.5) is 0 Å². The molecule has 1 N–H and O–H groups in total. The predicted molar refractivity (Wildman–Crippen MR) is 81.7 cm³/mol. The Labute approximate surface area is 134 Å². The Balaban J connectivity index is 1.99. The van der Waals surface area contributed by atoms with E-state index in [1.807, 2.05) is 0 Å². The summed E-state index contributed by atoms with van der Waals surface area (Å²) in [6, 6.07) is 3.01. The maximum Gasteiger partial charge on any atom is 0.271 e. The van der Waals surface area contributed by atoms with Crippen molar-refractivity contribution in [1.82, 2.24) is 19.7 Å². The number of morpholine rings is 1. The monoisotopic (exact) mass is 338 g/mol. The van der Waals surface area contributed by atoms with Gasteiger partial charge in [-0.2, -0.15) is 5.10 Å². The molecule has 0 spiro atoms. The van der Waals surface area contributed by atoms with E-state index in [1.54, 1.807) is 34.8 Å². The first-order valence-corrected chi connectivity index (χ1v) is 9.02. The van der Waals surface area contributed by atoms with Crippen molar-refractivity contribution >= 4 is 15.7 Å². The van der Waals surface area contributed by atoms with Crippen LogP contribution in [0.3, 0.4) is 0 Å². The number of sulfone groups is 1. The number of carbonyl (C=O) groups excluding carboxylic acids is 1. The van der Waals surface area contributed by atoms with Crippen LogP contribution in [-0.2, 0) is 21.6 Å². The normalized spacial score (nSPS) is 19.0. The van der Waals surface area contributed by atoms with Gasteiger partial charge in [-0.25, -0.2) is 8.42 Å². The Hall–Kier alpha value is -2.13. The highest BCUT2D eigenvalue weighted by molar-refractivity contribution is 7.90. The minimum atomic E-state index is -3.44. The second kappa shape index (κ2) is 5.82. The lowest BCUT2D eigenvalue weighted by Crippen LogP contribution is -2.44. The van der Waals surface area contributed by atoms with Crippen LogP contribution in [0.1, 0.15) is 22.2 Å². The molecule has 1 aliphatic rings. The number of aromatic amines is 1. The molecule has 3 rings (SSSR count). The number of nitrogens with one attached hydrogen (secondary N) is 1. The van der Waals surface area contributed by atoms with Gasteiger partial charge in [-0.1, -0.05) is 0 Å². The lowest BCUT2D eigenvalue weighted by molar-refractivity contribution is -0.00517. The largest absolute Gasteiger partial charge is 0.377 e. The molecule has 1 amide bonds. The van der Waals surface area contributed by atoms with Crippen LogP contribution < -0.4 is 0 Å². The third-order valence-electron chi connectivity index (χ3n) is 3.92. The van der Waals surface area contributed by atoms with E-state index < -0.39 is 15.9 Å². The molecule has 1 aliphatic heterocycles. The molecule has 23 heavy (non-hydrogen) atoms. The third kappa shape index (κ3) is 2.89. The van der Waals surface area contributed by atoms with E-state index in [0.717, 1.165) is 6.26 Å². The molecule has 0 radical (unpaired) electrons. The van der Waals surface area contributed by atoms with Gasteiger partial charge in [-0.05, 0) is 12.1 Å². The second-order valence-electron chi connectivity index (χ2n) is 5.51. The molecule has 2 aromatic heterocycles. The molecular weight excluding hydrogens is 320 g/mol. The fourth-order valence-corrected chi connectivity index (χ4v) is 3.56. The summed E-state index contributed by atoms with van der Waals surface area (Å²) < 4.78 is 31.0. The number of aromatic nitrogens is 3. The predicted octanol–water partition coefficient (Wildman–Crippen LogP) is 0.365. The summed E-state index contributed by atoms with van der Waals surface area (Å²) in [7, 11) is -1.65. The summed E-state index contributed by atoms with van der Waals surface area (Å²) in [6.45, 7) is 1.02. The van der Waals surface area contributed by atoms with Gasteiger partial charge in [0, 0.05) is 26.0 Å². The van der Waals surface area contributed by atoms with Crippen LogP contribution in [0.5, 0.6) is 0 Å². The minimum absolute atomic E-state index is 0.0951. The van der Waals surface area contributed by atoms with Crippen molar-refractivity contribution in [2.45, 2.75) is 10.9 Å². The molecule has 1 fully saturated rings. The molecule has 124 valence electrons. The summed E-state index contributed by atoms with van der Waals surface area (Å²) >= 11 is 0. The maximum atomic E-state index is 12.8. The minimum Gasteiger partial charge on any atom is -0.377 e. The van der Waals surface area contributed by atoms with Crippen molar-refractivity contribution < 1.29 is 17.9 Å². The molecule has 0 unspecified atom stereocenters. The van der Waals surface area contributed by atoms with Gasteiger partial charge in [0.15, 0.2) is 9.84 Å². The van der Waals surface area contributed by atoms with Crippen LogP contribution in [0.2, 0.25) is 0 Å². The number of rotatable bonds is 3. The lowest BCUT2D eigenvalue weighted by atomic mass is 10.1. The van der Waals surface area contributed by atoms with E-state index >= 15 is 0 Å². The zero-order valence-electron chi connectivity index (χ0n) is 12.9. The highest BCUT2D eigenvalue weighted by Crippen LogP contribution is 2.29. The molecule has 0 bridgehead atoms. The Morgan fingerprint density at radius 3 is 2.91 bits per heavy atom. The number of hydrogen-bond acceptors (Lipinski definition) is 5. The zero-order valence-corrected chi connectivity index (χ0v) is 13.7. The van der Waals surface area contributed by atoms with Crippen molar-refractivity contribution in [3.63, 3.8) is 0 Å². The Morgan fingerprint density at radius 1 is 1.48 bits per heavy atom. The smallest absolute Gasteiger partial charge is 0.271 e. The van der Waals surface area contributed by atoms with Gasteiger partial charge in [0.25, 0.3) is 5.91 Å². The van der Waals surface area contributed by atoms with E-state index in [9.17, 15) is 13.2 Å². The van der Waals surface area contributed by atoms with Gasteiger partial charge >= 0.3 is 0 Å². The first-order valence-electron chi connectivity index (χ1n) is 7.13. The van der Waals surface area contributed by atoms with Gasteiger partial charge in [0.05, 0.1) is 31.1 Å². The Kier molecular flexibility index (Phi) is 3.99.